The molecule has 0 aromatic rings. The van der Waals surface area contributed by atoms with E-state index in [1.54, 1.807) is 0 Å². The summed E-state index contributed by atoms with van der Waals surface area (Å²) in [5.41, 5.74) is -0.491. The summed E-state index contributed by atoms with van der Waals surface area (Å²) in [7, 11) is 0. The first-order chi connectivity index (χ1) is 13.7. The van der Waals surface area contributed by atoms with E-state index in [0.29, 0.717) is 12.8 Å². The first-order valence-corrected chi connectivity index (χ1v) is 10.6. The molecule has 0 aliphatic carbocycles. The molecule has 5 N–H and O–H groups in total. The minimum absolute atomic E-state index is 0.156. The Labute approximate surface area is 176 Å². The zero-order valence-electron chi connectivity index (χ0n) is 18.7. The molecule has 29 heavy (non-hydrogen) atoms. The van der Waals surface area contributed by atoms with Gasteiger partial charge in [-0.05, 0) is 19.8 Å². The highest BCUT2D eigenvalue weighted by molar-refractivity contribution is 5.84. The van der Waals surface area contributed by atoms with E-state index in [1.807, 2.05) is 6.92 Å². The van der Waals surface area contributed by atoms with Crippen molar-refractivity contribution in [3.8, 4) is 0 Å². The summed E-state index contributed by atoms with van der Waals surface area (Å²) in [5.74, 6) is -1.59. The van der Waals surface area contributed by atoms with Crippen LogP contribution in [0.4, 0.5) is 0 Å². The van der Waals surface area contributed by atoms with Crippen LogP contribution >= 0.6 is 0 Å². The highest BCUT2D eigenvalue weighted by atomic mass is 16.4. The molecule has 0 unspecified atom stereocenters. The van der Waals surface area contributed by atoms with E-state index >= 15 is 0 Å². The van der Waals surface area contributed by atoms with Gasteiger partial charge in [-0.1, -0.05) is 71.8 Å². The van der Waals surface area contributed by atoms with Crippen LogP contribution in [-0.4, -0.2) is 57.3 Å². The number of aliphatic hydroxyl groups excluding tert-OH is 3. The van der Waals surface area contributed by atoms with Gasteiger partial charge in [0, 0.05) is 17.4 Å². The SMILES string of the molecule is C=C(C)C(=O)O.CCC(CO)(CO)CO.CCCCCCCCCCCC(=O)O. The maximum absolute atomic E-state index is 10.2. The molecule has 0 saturated carbocycles. The molecule has 0 heterocycles. The third-order valence-electron chi connectivity index (χ3n) is 4.62. The Morgan fingerprint density at radius 2 is 1.10 bits per heavy atom. The number of aliphatic carboxylic acids is 2. The summed E-state index contributed by atoms with van der Waals surface area (Å²) >= 11 is 0. The number of aliphatic hydroxyl groups is 3. The largest absolute Gasteiger partial charge is 0.481 e. The van der Waals surface area contributed by atoms with Crippen LogP contribution in [0.25, 0.3) is 0 Å². The molecule has 0 spiro atoms. The van der Waals surface area contributed by atoms with Gasteiger partial charge < -0.3 is 25.5 Å². The zero-order chi connectivity index (χ0) is 23.1. The molecule has 174 valence electrons. The molecule has 0 aliphatic heterocycles. The van der Waals surface area contributed by atoms with Crippen molar-refractivity contribution in [3.63, 3.8) is 0 Å². The van der Waals surface area contributed by atoms with Crippen LogP contribution in [0, 0.1) is 5.41 Å². The van der Waals surface area contributed by atoms with Crippen LogP contribution < -0.4 is 0 Å². The lowest BCUT2D eigenvalue weighted by Crippen LogP contribution is -2.32. The molecular formula is C22H44O7. The van der Waals surface area contributed by atoms with Crippen molar-refractivity contribution in [2.24, 2.45) is 5.41 Å². The molecule has 0 bridgehead atoms. The van der Waals surface area contributed by atoms with Crippen LogP contribution in [0.3, 0.4) is 0 Å². The second-order valence-electron chi connectivity index (χ2n) is 7.39. The summed E-state index contributed by atoms with van der Waals surface area (Å²) in [4.78, 5) is 19.8. The number of carboxylic acid groups (broad SMARTS) is 2. The van der Waals surface area contributed by atoms with Crippen molar-refractivity contribution >= 4 is 11.9 Å². The predicted molar refractivity (Wildman–Crippen MR) is 116 cm³/mol. The number of carboxylic acids is 2. The predicted octanol–water partition coefficient (Wildman–Crippen LogP) is 4.00. The van der Waals surface area contributed by atoms with Crippen molar-refractivity contribution in [3.05, 3.63) is 12.2 Å². The topological polar surface area (TPSA) is 135 Å². The Morgan fingerprint density at radius 1 is 0.759 bits per heavy atom. The molecule has 7 heteroatoms. The summed E-state index contributed by atoms with van der Waals surface area (Å²) in [6.07, 6.45) is 12.1. The Morgan fingerprint density at radius 3 is 1.31 bits per heavy atom. The Balaban J connectivity index is -0.000000386. The van der Waals surface area contributed by atoms with Gasteiger partial charge in [0.25, 0.3) is 0 Å². The fourth-order valence-electron chi connectivity index (χ4n) is 2.07. The second kappa shape index (κ2) is 22.8. The minimum atomic E-state index is -0.935. The molecule has 0 fully saturated rings. The van der Waals surface area contributed by atoms with Crippen LogP contribution in [0.5, 0.6) is 0 Å². The number of hydrogen-bond acceptors (Lipinski definition) is 5. The van der Waals surface area contributed by atoms with E-state index in [1.165, 1.54) is 51.9 Å². The zero-order valence-corrected chi connectivity index (χ0v) is 18.7. The quantitative estimate of drug-likeness (QED) is 0.199. The molecule has 0 amide bonds. The maximum atomic E-state index is 10.2. The van der Waals surface area contributed by atoms with E-state index in [9.17, 15) is 9.59 Å². The summed E-state index contributed by atoms with van der Waals surface area (Å²) in [5, 5.41) is 42.3. The van der Waals surface area contributed by atoms with Gasteiger partial charge in [0.2, 0.25) is 0 Å². The van der Waals surface area contributed by atoms with E-state index in [2.05, 4.69) is 13.5 Å². The second-order valence-corrected chi connectivity index (χ2v) is 7.39. The lowest BCUT2D eigenvalue weighted by atomic mass is 9.88. The van der Waals surface area contributed by atoms with Gasteiger partial charge in [-0.3, -0.25) is 4.79 Å². The van der Waals surface area contributed by atoms with Crippen LogP contribution in [-0.2, 0) is 9.59 Å². The highest BCUT2D eigenvalue weighted by Gasteiger charge is 2.24. The number of hydrogen-bond donors (Lipinski definition) is 5. The van der Waals surface area contributed by atoms with Crippen molar-refractivity contribution in [1.29, 1.82) is 0 Å². The van der Waals surface area contributed by atoms with Crippen molar-refractivity contribution < 1.29 is 35.1 Å². The third kappa shape index (κ3) is 24.5. The third-order valence-corrected chi connectivity index (χ3v) is 4.62. The highest BCUT2D eigenvalue weighted by Crippen LogP contribution is 2.18. The van der Waals surface area contributed by atoms with Gasteiger partial charge in [-0.15, -0.1) is 0 Å². The number of unbranched alkanes of at least 4 members (excludes halogenated alkanes) is 8. The van der Waals surface area contributed by atoms with E-state index < -0.39 is 17.4 Å². The molecule has 0 radical (unpaired) electrons. The fraction of sp³-hybridized carbons (Fsp3) is 0.818. The molecule has 0 aromatic carbocycles. The number of rotatable bonds is 15. The van der Waals surface area contributed by atoms with E-state index in [4.69, 9.17) is 25.5 Å². The van der Waals surface area contributed by atoms with Crippen LogP contribution in [0.1, 0.15) is 91.4 Å². The van der Waals surface area contributed by atoms with Crippen molar-refractivity contribution in [2.45, 2.75) is 91.4 Å². The molecule has 0 atom stereocenters. The van der Waals surface area contributed by atoms with E-state index in [0.717, 1.165) is 12.8 Å². The van der Waals surface area contributed by atoms with Crippen molar-refractivity contribution in [1.82, 2.24) is 0 Å². The minimum Gasteiger partial charge on any atom is -0.481 e. The lowest BCUT2D eigenvalue weighted by molar-refractivity contribution is -0.137. The van der Waals surface area contributed by atoms with Gasteiger partial charge in [0.15, 0.2) is 0 Å². The smallest absolute Gasteiger partial charge is 0.330 e. The Hall–Kier alpha value is -1.44. The van der Waals surface area contributed by atoms with Gasteiger partial charge in [0.05, 0.1) is 19.8 Å². The molecular weight excluding hydrogens is 376 g/mol. The molecule has 0 rings (SSSR count). The van der Waals surface area contributed by atoms with Crippen LogP contribution in [0.2, 0.25) is 0 Å². The Kier molecular flexibility index (Phi) is 25.4. The normalized spacial score (nSPS) is 10.3. The number of carbonyl (C=O) groups is 2. The maximum Gasteiger partial charge on any atom is 0.330 e. The molecule has 0 aromatic heterocycles. The van der Waals surface area contributed by atoms with Crippen LogP contribution in [0.15, 0.2) is 12.2 Å². The standard InChI is InChI=1S/C12H24O2.C6H14O3.C4H6O2/c1-2-3-4-5-6-7-8-9-10-11-12(13)14;1-2-6(3-7,4-8)5-9;1-3(2)4(5)6/h2-11H2,1H3,(H,13,14);7-9H,2-5H2,1H3;1H2,2H3,(H,5,6). The summed E-state index contributed by atoms with van der Waals surface area (Å²) < 4.78 is 0. The molecule has 0 aliphatic rings. The average Bonchev–Trinajstić information content (AvgIpc) is 2.69. The van der Waals surface area contributed by atoms with Gasteiger partial charge in [0.1, 0.15) is 0 Å². The Bertz CT molecular complexity index is 374. The first kappa shape index (κ1) is 32.2. The van der Waals surface area contributed by atoms with E-state index in [-0.39, 0.29) is 25.4 Å². The average molecular weight is 421 g/mol. The molecule has 7 nitrogen and oxygen atoms in total. The van der Waals surface area contributed by atoms with Crippen molar-refractivity contribution in [2.75, 3.05) is 19.8 Å². The fourth-order valence-corrected chi connectivity index (χ4v) is 2.07. The van der Waals surface area contributed by atoms with Gasteiger partial charge >= 0.3 is 11.9 Å². The summed E-state index contributed by atoms with van der Waals surface area (Å²) in [6.45, 7) is 8.18. The summed E-state index contributed by atoms with van der Waals surface area (Å²) in [6, 6.07) is 0. The molecule has 0 saturated heterocycles. The lowest BCUT2D eigenvalue weighted by Gasteiger charge is -2.24. The van der Waals surface area contributed by atoms with Gasteiger partial charge in [-0.25, -0.2) is 4.79 Å². The van der Waals surface area contributed by atoms with Gasteiger partial charge in [-0.2, -0.15) is 0 Å². The monoisotopic (exact) mass is 420 g/mol. The first-order valence-electron chi connectivity index (χ1n) is 10.6.